The molecule has 5 aromatic rings. The Kier molecular flexibility index (Phi) is 15.0. The lowest BCUT2D eigenvalue weighted by Gasteiger charge is -2.60. The van der Waals surface area contributed by atoms with Gasteiger partial charge >= 0.3 is 6.09 Å². The molecule has 0 saturated heterocycles. The van der Waals surface area contributed by atoms with Crippen LogP contribution >= 0.6 is 11.6 Å². The maximum atomic E-state index is 14.9. The molecule has 1 saturated carbocycles. The summed E-state index contributed by atoms with van der Waals surface area (Å²) in [5.74, 6) is 0.00633. The predicted molar refractivity (Wildman–Crippen MR) is 261 cm³/mol. The molecule has 8 rings (SSSR count). The Labute approximate surface area is 393 Å². The maximum absolute atomic E-state index is 14.9. The molecule has 0 radical (unpaired) electrons. The van der Waals surface area contributed by atoms with Gasteiger partial charge in [0, 0.05) is 31.1 Å². The number of alkyl halides is 1. The summed E-state index contributed by atoms with van der Waals surface area (Å²) in [6.07, 6.45) is 8.31. The number of ether oxygens (including phenoxy) is 4. The zero-order valence-electron chi connectivity index (χ0n) is 38.4. The number of aliphatic hydroxyl groups excluding tert-OH is 2. The summed E-state index contributed by atoms with van der Waals surface area (Å²) >= 11 is 6.19. The first-order valence-electron chi connectivity index (χ1n) is 23.5. The van der Waals surface area contributed by atoms with E-state index < -0.39 is 29.4 Å². The van der Waals surface area contributed by atoms with E-state index in [1.807, 2.05) is 81.4 Å². The van der Waals surface area contributed by atoms with Gasteiger partial charge in [-0.25, -0.2) is 4.79 Å². The minimum Gasteiger partial charge on any atom is -0.459 e. The number of benzene rings is 5. The first kappa shape index (κ1) is 47.1. The number of carbonyl (C=O) groups is 1. The van der Waals surface area contributed by atoms with Crippen molar-refractivity contribution in [2.24, 2.45) is 22.9 Å². The van der Waals surface area contributed by atoms with E-state index in [0.717, 1.165) is 63.9 Å². The molecule has 1 fully saturated rings. The van der Waals surface area contributed by atoms with E-state index in [0.29, 0.717) is 35.8 Å². The van der Waals surface area contributed by atoms with Gasteiger partial charge in [0.05, 0.1) is 30.7 Å². The lowest BCUT2D eigenvalue weighted by Crippen LogP contribution is -2.70. The Morgan fingerprint density at radius 3 is 2.36 bits per heavy atom. The van der Waals surface area contributed by atoms with Crippen LogP contribution in [0.5, 0.6) is 17.2 Å². The van der Waals surface area contributed by atoms with Gasteiger partial charge in [-0.2, -0.15) is 0 Å². The molecule has 0 unspecified atom stereocenters. The van der Waals surface area contributed by atoms with Crippen molar-refractivity contribution in [3.63, 3.8) is 0 Å². The molecule has 1 amide bonds. The van der Waals surface area contributed by atoms with Crippen molar-refractivity contribution in [2.75, 3.05) is 32.3 Å². The van der Waals surface area contributed by atoms with Crippen molar-refractivity contribution in [3.05, 3.63) is 139 Å². The molecule has 0 aromatic heterocycles. The van der Waals surface area contributed by atoms with Crippen LogP contribution in [0.15, 0.2) is 133 Å². The number of hydrogen-bond donors (Lipinski definition) is 2. The highest BCUT2D eigenvalue weighted by atomic mass is 35.5. The van der Waals surface area contributed by atoms with Crippen LogP contribution in [0.4, 0.5) is 4.79 Å². The fraction of sp³-hybridized carbons (Fsp3) is 0.418. The van der Waals surface area contributed by atoms with Gasteiger partial charge in [-0.1, -0.05) is 103 Å². The van der Waals surface area contributed by atoms with E-state index in [1.54, 1.807) is 11.0 Å². The number of hydrogen-bond acceptors (Lipinski definition) is 9. The van der Waals surface area contributed by atoms with E-state index in [1.165, 1.54) is 0 Å². The van der Waals surface area contributed by atoms with Crippen molar-refractivity contribution in [2.45, 2.75) is 95.6 Å². The average molecular weight is 916 g/mol. The molecule has 0 spiro atoms. The second-order valence-corrected chi connectivity index (χ2v) is 19.0. The second kappa shape index (κ2) is 21.1. The van der Waals surface area contributed by atoms with Crippen molar-refractivity contribution in [1.29, 1.82) is 0 Å². The number of unbranched alkanes of at least 4 members (excludes halogenated alkanes) is 2. The fourth-order valence-corrected chi connectivity index (χ4v) is 10.5. The zero-order chi connectivity index (χ0) is 46.3. The molecule has 5 aromatic carbocycles. The van der Waals surface area contributed by atoms with Crippen LogP contribution < -0.4 is 9.47 Å². The van der Waals surface area contributed by atoms with Gasteiger partial charge in [-0.05, 0) is 121 Å². The van der Waals surface area contributed by atoms with Gasteiger partial charge in [0.1, 0.15) is 35.5 Å². The first-order chi connectivity index (χ1) is 32.1. The Bertz CT molecular complexity index is 2550. The summed E-state index contributed by atoms with van der Waals surface area (Å²) in [6, 6.07) is 33.8. The molecule has 11 heteroatoms. The summed E-state index contributed by atoms with van der Waals surface area (Å²) in [7, 11) is 0. The van der Waals surface area contributed by atoms with Crippen molar-refractivity contribution in [3.8, 4) is 17.2 Å². The maximum Gasteiger partial charge on any atom is 0.410 e. The monoisotopic (exact) mass is 914 g/mol. The SMILES string of the molecule is C=CCO[C@@]12Oc3ccc(Oc4ccc5ccccc5c4)cc3[C@H]3[C@H](CCCCO)[C@@H](CCCCO)C=C(C(=NOC(C)(C)C)C[C@@H]1N(Cc1cccc4ccccc14)C(=O)OCCCl)[C@H]32. The number of fused-ring (bicyclic) bond motifs is 4. The molecule has 6 atom stereocenters. The van der Waals surface area contributed by atoms with Crippen LogP contribution in [0.1, 0.15) is 82.8 Å². The first-order valence-corrected chi connectivity index (χ1v) is 24.0. The molecule has 1 aliphatic heterocycles. The predicted octanol–water partition coefficient (Wildman–Crippen LogP) is 12.1. The van der Waals surface area contributed by atoms with Gasteiger partial charge in [0.2, 0.25) is 5.79 Å². The largest absolute Gasteiger partial charge is 0.459 e. The number of aliphatic hydroxyl groups is 2. The molecule has 0 bridgehead atoms. The van der Waals surface area contributed by atoms with Crippen molar-refractivity contribution in [1.82, 2.24) is 4.90 Å². The van der Waals surface area contributed by atoms with Crippen LogP contribution in [0, 0.1) is 17.8 Å². The smallest absolute Gasteiger partial charge is 0.410 e. The second-order valence-electron chi connectivity index (χ2n) is 18.7. The van der Waals surface area contributed by atoms with Gasteiger partial charge in [0.25, 0.3) is 0 Å². The zero-order valence-corrected chi connectivity index (χ0v) is 39.1. The van der Waals surface area contributed by atoms with E-state index in [4.69, 9.17) is 40.5 Å². The lowest BCUT2D eigenvalue weighted by atomic mass is 9.55. The number of amides is 1. The lowest BCUT2D eigenvalue weighted by molar-refractivity contribution is -0.256. The molecule has 1 heterocycles. The molecule has 348 valence electrons. The van der Waals surface area contributed by atoms with E-state index in [2.05, 4.69) is 55.1 Å². The van der Waals surface area contributed by atoms with E-state index >= 15 is 0 Å². The Hall–Kier alpha value is -5.39. The standard InChI is InChI=1S/C55H63ClN2O8/c1-5-30-63-55-50(58(53(61)62-31-27-56)36-41-20-14-19-38-16-8-9-21-44(38)41)35-48(57-66-54(2,3)4)46-33-40(18-10-12-28-59)45(22-11-13-29-60)51(52(46)55)47-34-43(25-26-49(47)65-55)64-42-24-23-37-15-6-7-17-39(37)32-42/h5-9,14-17,19-21,23-26,32-34,40,45,50-52,59-60H,1,10-13,18,22,27-31,35-36H2,2-4H3/t40-,45+,50-,51+,52+,55+/m0/s1. The third-order valence-electron chi connectivity index (χ3n) is 13.2. The summed E-state index contributed by atoms with van der Waals surface area (Å²) < 4.78 is 27.3. The van der Waals surface area contributed by atoms with E-state index in [-0.39, 0.29) is 63.0 Å². The van der Waals surface area contributed by atoms with Gasteiger partial charge in [0.15, 0.2) is 0 Å². The van der Waals surface area contributed by atoms with Gasteiger partial charge < -0.3 is 34.0 Å². The fourth-order valence-electron chi connectivity index (χ4n) is 10.4. The number of oxime groups is 1. The molecule has 2 aliphatic carbocycles. The summed E-state index contributed by atoms with van der Waals surface area (Å²) in [5.41, 5.74) is 2.92. The third-order valence-corrected chi connectivity index (χ3v) is 13.3. The van der Waals surface area contributed by atoms with Crippen LogP contribution in [-0.4, -0.2) is 76.7 Å². The van der Waals surface area contributed by atoms with Gasteiger partial charge in [-0.3, -0.25) is 4.90 Å². The van der Waals surface area contributed by atoms with Crippen molar-refractivity contribution >= 4 is 45.0 Å². The van der Waals surface area contributed by atoms with Crippen molar-refractivity contribution < 1.29 is 38.8 Å². The number of halogens is 1. The molecule has 10 nitrogen and oxygen atoms in total. The summed E-state index contributed by atoms with van der Waals surface area (Å²) in [6.45, 7) is 10.5. The minimum absolute atomic E-state index is 0.0110. The summed E-state index contributed by atoms with van der Waals surface area (Å²) in [5, 5.41) is 29.3. The molecular formula is C55H63ClN2O8. The summed E-state index contributed by atoms with van der Waals surface area (Å²) in [4.78, 5) is 22.9. The normalized spacial score (nSPS) is 22.8. The number of nitrogens with zero attached hydrogens (tertiary/aromatic N) is 2. The minimum atomic E-state index is -1.48. The highest BCUT2D eigenvalue weighted by Gasteiger charge is 2.66. The highest BCUT2D eigenvalue weighted by molar-refractivity contribution is 6.18. The van der Waals surface area contributed by atoms with Crippen LogP contribution in [0.2, 0.25) is 0 Å². The topological polar surface area (TPSA) is 119 Å². The molecule has 66 heavy (non-hydrogen) atoms. The number of allylic oxidation sites excluding steroid dienone is 1. The molecule has 2 N–H and O–H groups in total. The highest BCUT2D eigenvalue weighted by Crippen LogP contribution is 2.62. The Morgan fingerprint density at radius 1 is 0.894 bits per heavy atom. The average Bonchev–Trinajstić information content (AvgIpc) is 3.32. The van der Waals surface area contributed by atoms with Crippen LogP contribution in [0.25, 0.3) is 21.5 Å². The van der Waals surface area contributed by atoms with Crippen LogP contribution in [0.3, 0.4) is 0 Å². The van der Waals surface area contributed by atoms with E-state index in [9.17, 15) is 15.0 Å². The number of carbonyl (C=O) groups excluding carboxylic acids is 1. The molecule has 3 aliphatic rings. The Balaban J connectivity index is 1.35. The quantitative estimate of drug-likeness (QED) is 0.0364. The molecular weight excluding hydrogens is 852 g/mol. The van der Waals surface area contributed by atoms with Crippen LogP contribution in [-0.2, 0) is 20.9 Å². The number of rotatable bonds is 19. The Morgan fingerprint density at radius 2 is 1.61 bits per heavy atom. The van der Waals surface area contributed by atoms with Gasteiger partial charge in [-0.15, -0.1) is 18.2 Å². The third kappa shape index (κ3) is 10.1.